The molecule has 17 heavy (non-hydrogen) atoms. The molecule has 1 aromatic carbocycles. The minimum absolute atomic E-state index is 0.345. The van der Waals surface area contributed by atoms with Crippen LogP contribution in [-0.2, 0) is 0 Å². The molecule has 0 aliphatic carbocycles. The number of benzene rings is 1. The van der Waals surface area contributed by atoms with Gasteiger partial charge in [0, 0.05) is 6.07 Å². The predicted octanol–water partition coefficient (Wildman–Crippen LogP) is 1.45. The first-order valence-electron chi connectivity index (χ1n) is 5.01. The molecule has 0 unspecified atom stereocenters. The minimum Gasteiger partial charge on any atom is -0.496 e. The average molecular weight is 233 g/mol. The predicted molar refractivity (Wildman–Crippen MR) is 60.4 cm³/mol. The van der Waals surface area contributed by atoms with Gasteiger partial charge in [-0.05, 0) is 19.1 Å². The number of hydrogen-bond donors (Lipinski definition) is 0. The van der Waals surface area contributed by atoms with E-state index in [0.717, 1.165) is 4.74 Å². The van der Waals surface area contributed by atoms with Crippen LogP contribution in [0.5, 0.6) is 5.75 Å². The van der Waals surface area contributed by atoms with Crippen molar-refractivity contribution in [1.29, 1.82) is 0 Å². The summed E-state index contributed by atoms with van der Waals surface area (Å²) < 4.78 is 10.8. The third-order valence-corrected chi connectivity index (χ3v) is 2.35. The van der Waals surface area contributed by atoms with Crippen LogP contribution in [-0.4, -0.2) is 17.8 Å². The maximum atomic E-state index is 12.1. The van der Waals surface area contributed by atoms with E-state index in [2.05, 4.69) is 0 Å². The van der Waals surface area contributed by atoms with Crippen molar-refractivity contribution in [3.05, 3.63) is 52.0 Å². The van der Waals surface area contributed by atoms with Crippen LogP contribution < -0.4 is 10.4 Å². The molecule has 88 valence electrons. The fourth-order valence-corrected chi connectivity index (χ4v) is 1.55. The zero-order valence-corrected chi connectivity index (χ0v) is 9.47. The van der Waals surface area contributed by atoms with Crippen molar-refractivity contribution < 1.29 is 14.1 Å². The van der Waals surface area contributed by atoms with Crippen LogP contribution in [0, 0.1) is 6.92 Å². The molecule has 5 heteroatoms. The number of carbonyl (C=O) groups excluding carboxylic acids is 1. The molecule has 0 bridgehead atoms. The van der Waals surface area contributed by atoms with E-state index >= 15 is 0 Å². The highest BCUT2D eigenvalue weighted by Crippen LogP contribution is 2.18. The smallest absolute Gasteiger partial charge is 0.358 e. The summed E-state index contributed by atoms with van der Waals surface area (Å²) in [4.78, 5) is 23.1. The fourth-order valence-electron chi connectivity index (χ4n) is 1.55. The first-order valence-corrected chi connectivity index (χ1v) is 5.01. The van der Waals surface area contributed by atoms with Crippen molar-refractivity contribution in [2.45, 2.75) is 6.92 Å². The van der Waals surface area contributed by atoms with Crippen LogP contribution >= 0.6 is 0 Å². The molecule has 2 rings (SSSR count). The maximum absolute atomic E-state index is 12.1. The Morgan fingerprint density at radius 1 is 1.35 bits per heavy atom. The molecule has 0 saturated carbocycles. The lowest BCUT2D eigenvalue weighted by Crippen LogP contribution is -2.14. The summed E-state index contributed by atoms with van der Waals surface area (Å²) in [5.41, 5.74) is 0.245. The van der Waals surface area contributed by atoms with Gasteiger partial charge in [0.2, 0.25) is 0 Å². The van der Waals surface area contributed by atoms with E-state index in [1.807, 2.05) is 0 Å². The number of hydrogen-bond acceptors (Lipinski definition) is 4. The molecule has 0 amide bonds. The van der Waals surface area contributed by atoms with Crippen LogP contribution in [0.2, 0.25) is 0 Å². The summed E-state index contributed by atoms with van der Waals surface area (Å²) in [7, 11) is 1.48. The van der Waals surface area contributed by atoms with Crippen LogP contribution in [0.15, 0.2) is 39.6 Å². The third kappa shape index (κ3) is 1.99. The van der Waals surface area contributed by atoms with Gasteiger partial charge in [0.05, 0.1) is 18.4 Å². The number of aromatic nitrogens is 1. The second-order valence-electron chi connectivity index (χ2n) is 3.50. The molecular formula is C12H11NO4. The molecule has 0 saturated heterocycles. The van der Waals surface area contributed by atoms with Gasteiger partial charge in [0.15, 0.2) is 0 Å². The molecule has 0 fully saturated rings. The van der Waals surface area contributed by atoms with Gasteiger partial charge in [-0.15, -0.1) is 4.74 Å². The van der Waals surface area contributed by atoms with Crippen molar-refractivity contribution in [3.8, 4) is 5.75 Å². The molecule has 5 nitrogen and oxygen atoms in total. The largest absolute Gasteiger partial charge is 0.496 e. The van der Waals surface area contributed by atoms with E-state index in [4.69, 9.17) is 9.26 Å². The number of rotatable bonds is 2. The van der Waals surface area contributed by atoms with Gasteiger partial charge in [-0.3, -0.25) is 4.79 Å². The molecule has 1 heterocycles. The molecule has 2 aromatic rings. The summed E-state index contributed by atoms with van der Waals surface area (Å²) in [6, 6.07) is 8.01. The number of ether oxygens (including phenoxy) is 1. The highest BCUT2D eigenvalue weighted by molar-refractivity contribution is 5.97. The van der Waals surface area contributed by atoms with Gasteiger partial charge >= 0.3 is 5.63 Å². The van der Waals surface area contributed by atoms with Crippen LogP contribution in [0.25, 0.3) is 0 Å². The van der Waals surface area contributed by atoms with Gasteiger partial charge in [-0.2, -0.15) is 0 Å². The lowest BCUT2D eigenvalue weighted by Gasteiger charge is -2.07. The molecule has 0 spiro atoms. The van der Waals surface area contributed by atoms with E-state index in [1.165, 1.54) is 13.2 Å². The first-order chi connectivity index (χ1) is 8.13. The van der Waals surface area contributed by atoms with Crippen LogP contribution in [0.4, 0.5) is 0 Å². The Kier molecular flexibility index (Phi) is 2.82. The summed E-state index contributed by atoms with van der Waals surface area (Å²) in [6.07, 6.45) is 0. The fraction of sp³-hybridized carbons (Fsp3) is 0.167. The van der Waals surface area contributed by atoms with Crippen LogP contribution in [0.3, 0.4) is 0 Å². The summed E-state index contributed by atoms with van der Waals surface area (Å²) in [6.45, 7) is 1.62. The average Bonchev–Trinajstić information content (AvgIpc) is 2.67. The Balaban J connectivity index is 2.51. The van der Waals surface area contributed by atoms with E-state index < -0.39 is 11.5 Å². The monoisotopic (exact) mass is 233 g/mol. The Bertz CT molecular complexity index is 609. The molecule has 1 aromatic heterocycles. The molecular weight excluding hydrogens is 222 g/mol. The maximum Gasteiger partial charge on any atom is 0.358 e. The summed E-state index contributed by atoms with van der Waals surface area (Å²) in [5, 5.41) is 0. The topological polar surface area (TPSA) is 61.4 Å². The number of para-hydroxylation sites is 1. The van der Waals surface area contributed by atoms with E-state index in [-0.39, 0.29) is 0 Å². The molecule has 0 aliphatic rings. The molecule has 0 atom stereocenters. The lowest BCUT2D eigenvalue weighted by atomic mass is 10.2. The first kappa shape index (κ1) is 11.2. The second kappa shape index (κ2) is 4.29. The second-order valence-corrected chi connectivity index (χ2v) is 3.50. The van der Waals surface area contributed by atoms with E-state index in [0.29, 0.717) is 17.0 Å². The van der Waals surface area contributed by atoms with Crippen molar-refractivity contribution >= 4 is 5.91 Å². The number of nitrogens with zero attached hydrogens (tertiary/aromatic N) is 1. The lowest BCUT2D eigenvalue weighted by molar-refractivity contribution is 0.0830. The van der Waals surface area contributed by atoms with Crippen molar-refractivity contribution in [3.63, 3.8) is 0 Å². The summed E-state index contributed by atoms with van der Waals surface area (Å²) in [5.74, 6) is 0.00954. The van der Waals surface area contributed by atoms with Gasteiger partial charge in [0.25, 0.3) is 5.91 Å². The number of carbonyl (C=O) groups is 1. The molecule has 0 aliphatic heterocycles. The van der Waals surface area contributed by atoms with E-state index in [1.54, 1.807) is 31.2 Å². The zero-order valence-electron chi connectivity index (χ0n) is 9.47. The highest BCUT2D eigenvalue weighted by atomic mass is 16.5. The van der Waals surface area contributed by atoms with Crippen molar-refractivity contribution in [2.24, 2.45) is 0 Å². The van der Waals surface area contributed by atoms with Crippen molar-refractivity contribution in [2.75, 3.05) is 7.11 Å². The Morgan fingerprint density at radius 2 is 2.06 bits per heavy atom. The quantitative estimate of drug-likeness (QED) is 0.787. The third-order valence-electron chi connectivity index (χ3n) is 2.35. The Hall–Kier alpha value is -2.30. The van der Waals surface area contributed by atoms with E-state index in [9.17, 15) is 9.59 Å². The Morgan fingerprint density at radius 3 is 2.65 bits per heavy atom. The summed E-state index contributed by atoms with van der Waals surface area (Å²) >= 11 is 0. The number of aryl methyl sites for hydroxylation is 1. The SMILES string of the molecule is COc1ccccc1C(=O)n1oc(=O)cc1C. The van der Waals surface area contributed by atoms with Gasteiger partial charge in [-0.1, -0.05) is 12.1 Å². The zero-order chi connectivity index (χ0) is 12.4. The van der Waals surface area contributed by atoms with Gasteiger partial charge in [-0.25, -0.2) is 4.79 Å². The van der Waals surface area contributed by atoms with Gasteiger partial charge in [0.1, 0.15) is 5.75 Å². The standard InChI is InChI=1S/C12H11NO4/c1-8-7-11(14)17-13(8)12(15)9-5-3-4-6-10(9)16-2/h3-7H,1-2H3. The molecule has 0 N–H and O–H groups in total. The minimum atomic E-state index is -0.550. The van der Waals surface area contributed by atoms with Gasteiger partial charge < -0.3 is 9.26 Å². The number of methoxy groups -OCH3 is 1. The van der Waals surface area contributed by atoms with Crippen LogP contribution in [0.1, 0.15) is 16.1 Å². The highest BCUT2D eigenvalue weighted by Gasteiger charge is 2.17. The normalized spacial score (nSPS) is 10.2. The Labute approximate surface area is 97.2 Å². The van der Waals surface area contributed by atoms with Crippen molar-refractivity contribution in [1.82, 2.24) is 4.74 Å². The molecule has 0 radical (unpaired) electrons.